The number of anilines is 1. The Balaban J connectivity index is 1.47. The largest absolute Gasteiger partial charge is 0.345 e. The van der Waals surface area contributed by atoms with E-state index in [2.05, 4.69) is 35.8 Å². The molecule has 4 rings (SSSR count). The molecule has 2 aromatic rings. The number of nitrogens with one attached hydrogen (secondary N) is 2. The van der Waals surface area contributed by atoms with Crippen LogP contribution in [0.1, 0.15) is 41.6 Å². The molecule has 2 unspecified atom stereocenters. The molecule has 1 aliphatic heterocycles. The standard InChI is InChI=1S/C22H22N2O2/c1-14-6-9-16-4-2-3-5-18(16)22(14)24-20(25)11-8-15-7-10-17-13-21(26)23-19(17)12-15/h2-5,7-8,10-12,14,22H,6,9,13H2,1H3,(H,23,26)(H,24,25)/b11-8+. The molecular formula is C22H22N2O2. The van der Waals surface area contributed by atoms with E-state index in [9.17, 15) is 9.59 Å². The first kappa shape index (κ1) is 16.6. The molecule has 26 heavy (non-hydrogen) atoms. The summed E-state index contributed by atoms with van der Waals surface area (Å²) in [5.41, 5.74) is 5.30. The van der Waals surface area contributed by atoms with Crippen molar-refractivity contribution in [1.82, 2.24) is 5.32 Å². The Labute approximate surface area is 153 Å². The molecule has 0 spiro atoms. The molecule has 2 aromatic carbocycles. The lowest BCUT2D eigenvalue weighted by Crippen LogP contribution is -2.34. The number of carbonyl (C=O) groups excluding carboxylic acids is 2. The summed E-state index contributed by atoms with van der Waals surface area (Å²) in [7, 11) is 0. The Morgan fingerprint density at radius 2 is 2.04 bits per heavy atom. The minimum absolute atomic E-state index is 0.0174. The van der Waals surface area contributed by atoms with Crippen molar-refractivity contribution < 1.29 is 9.59 Å². The van der Waals surface area contributed by atoms with Gasteiger partial charge in [-0.25, -0.2) is 0 Å². The van der Waals surface area contributed by atoms with Gasteiger partial charge in [-0.15, -0.1) is 0 Å². The zero-order valence-electron chi connectivity index (χ0n) is 14.8. The van der Waals surface area contributed by atoms with E-state index in [-0.39, 0.29) is 17.9 Å². The predicted molar refractivity (Wildman–Crippen MR) is 103 cm³/mol. The fraction of sp³-hybridized carbons (Fsp3) is 0.273. The molecule has 2 aliphatic rings. The highest BCUT2D eigenvalue weighted by Crippen LogP contribution is 2.34. The van der Waals surface area contributed by atoms with Gasteiger partial charge in [-0.2, -0.15) is 0 Å². The highest BCUT2D eigenvalue weighted by Gasteiger charge is 2.27. The van der Waals surface area contributed by atoms with Crippen LogP contribution in [0.4, 0.5) is 5.69 Å². The molecule has 2 N–H and O–H groups in total. The number of hydrogen-bond acceptors (Lipinski definition) is 2. The van der Waals surface area contributed by atoms with Crippen LogP contribution in [0.5, 0.6) is 0 Å². The molecule has 132 valence electrons. The van der Waals surface area contributed by atoms with Gasteiger partial charge in [0.2, 0.25) is 11.8 Å². The lowest BCUT2D eigenvalue weighted by atomic mass is 9.80. The van der Waals surface area contributed by atoms with Gasteiger partial charge in [0, 0.05) is 11.8 Å². The van der Waals surface area contributed by atoms with Crippen LogP contribution in [0, 0.1) is 5.92 Å². The molecule has 4 heteroatoms. The normalized spacial score (nSPS) is 21.2. The lowest BCUT2D eigenvalue weighted by Gasteiger charge is -2.31. The smallest absolute Gasteiger partial charge is 0.244 e. The number of amides is 2. The van der Waals surface area contributed by atoms with Crippen molar-refractivity contribution in [2.75, 3.05) is 5.32 Å². The summed E-state index contributed by atoms with van der Waals surface area (Å²) in [6, 6.07) is 14.2. The van der Waals surface area contributed by atoms with Gasteiger partial charge in [-0.3, -0.25) is 9.59 Å². The van der Waals surface area contributed by atoms with Gasteiger partial charge >= 0.3 is 0 Å². The van der Waals surface area contributed by atoms with Crippen molar-refractivity contribution in [1.29, 1.82) is 0 Å². The molecule has 1 aliphatic carbocycles. The van der Waals surface area contributed by atoms with E-state index in [1.165, 1.54) is 11.1 Å². The van der Waals surface area contributed by atoms with Gasteiger partial charge in [0.1, 0.15) is 0 Å². The zero-order chi connectivity index (χ0) is 18.1. The van der Waals surface area contributed by atoms with Crippen LogP contribution in [0.25, 0.3) is 6.08 Å². The summed E-state index contributed by atoms with van der Waals surface area (Å²) < 4.78 is 0. The third kappa shape index (κ3) is 3.27. The second-order valence-electron chi connectivity index (χ2n) is 7.18. The van der Waals surface area contributed by atoms with E-state index < -0.39 is 0 Å². The van der Waals surface area contributed by atoms with Crippen molar-refractivity contribution in [3.63, 3.8) is 0 Å². The summed E-state index contributed by atoms with van der Waals surface area (Å²) in [5.74, 6) is 0.337. The van der Waals surface area contributed by atoms with E-state index in [1.807, 2.05) is 24.3 Å². The predicted octanol–water partition coefficient (Wildman–Crippen LogP) is 3.63. The Morgan fingerprint density at radius 3 is 2.92 bits per heavy atom. The lowest BCUT2D eigenvalue weighted by molar-refractivity contribution is -0.117. The first-order chi connectivity index (χ1) is 12.6. The van der Waals surface area contributed by atoms with Gasteiger partial charge in [-0.1, -0.05) is 43.3 Å². The SMILES string of the molecule is CC1CCc2ccccc2C1NC(=O)/C=C/c1ccc2c(c1)NC(=O)C2. The van der Waals surface area contributed by atoms with E-state index in [0.717, 1.165) is 29.7 Å². The first-order valence-electron chi connectivity index (χ1n) is 9.09. The summed E-state index contributed by atoms with van der Waals surface area (Å²) in [6.07, 6.45) is 5.94. The average Bonchev–Trinajstić information content (AvgIpc) is 3.01. The molecule has 0 saturated carbocycles. The first-order valence-corrected chi connectivity index (χ1v) is 9.09. The maximum Gasteiger partial charge on any atom is 0.244 e. The van der Waals surface area contributed by atoms with Gasteiger partial charge in [0.05, 0.1) is 12.5 Å². The maximum atomic E-state index is 12.5. The van der Waals surface area contributed by atoms with Gasteiger partial charge < -0.3 is 10.6 Å². The number of carbonyl (C=O) groups is 2. The topological polar surface area (TPSA) is 58.2 Å². The Bertz CT molecular complexity index is 901. The molecule has 0 radical (unpaired) electrons. The van der Waals surface area contributed by atoms with Crippen LogP contribution >= 0.6 is 0 Å². The monoisotopic (exact) mass is 346 g/mol. The number of fused-ring (bicyclic) bond motifs is 2. The molecule has 0 aromatic heterocycles. The van der Waals surface area contributed by atoms with Gasteiger partial charge in [0.25, 0.3) is 0 Å². The molecule has 1 heterocycles. The van der Waals surface area contributed by atoms with E-state index >= 15 is 0 Å². The molecule has 4 nitrogen and oxygen atoms in total. The Morgan fingerprint density at radius 1 is 1.19 bits per heavy atom. The van der Waals surface area contributed by atoms with Crippen molar-refractivity contribution >= 4 is 23.6 Å². The van der Waals surface area contributed by atoms with Crippen molar-refractivity contribution in [2.24, 2.45) is 5.92 Å². The van der Waals surface area contributed by atoms with E-state index in [4.69, 9.17) is 0 Å². The van der Waals surface area contributed by atoms with Crippen LogP contribution < -0.4 is 10.6 Å². The third-order valence-corrected chi connectivity index (χ3v) is 5.31. The fourth-order valence-electron chi connectivity index (χ4n) is 3.85. The highest BCUT2D eigenvalue weighted by atomic mass is 16.2. The third-order valence-electron chi connectivity index (χ3n) is 5.31. The van der Waals surface area contributed by atoms with Gasteiger partial charge in [-0.05, 0) is 53.2 Å². The number of aryl methyl sites for hydroxylation is 1. The minimum Gasteiger partial charge on any atom is -0.345 e. The number of rotatable bonds is 3. The van der Waals surface area contributed by atoms with Crippen LogP contribution in [0.3, 0.4) is 0 Å². The summed E-state index contributed by atoms with van der Waals surface area (Å²) >= 11 is 0. The second-order valence-corrected chi connectivity index (χ2v) is 7.18. The molecule has 0 fully saturated rings. The quantitative estimate of drug-likeness (QED) is 0.834. The molecule has 0 bridgehead atoms. The van der Waals surface area contributed by atoms with E-state index in [0.29, 0.717) is 12.3 Å². The maximum absolute atomic E-state index is 12.5. The number of hydrogen-bond donors (Lipinski definition) is 2. The minimum atomic E-state index is -0.0944. The number of benzene rings is 2. The second kappa shape index (κ2) is 6.79. The van der Waals surface area contributed by atoms with Crippen LogP contribution in [-0.2, 0) is 22.4 Å². The summed E-state index contributed by atoms with van der Waals surface area (Å²) in [4.78, 5) is 23.9. The van der Waals surface area contributed by atoms with Crippen LogP contribution in [0.15, 0.2) is 48.5 Å². The molecular weight excluding hydrogens is 324 g/mol. The summed E-state index contributed by atoms with van der Waals surface area (Å²) in [5, 5.41) is 5.99. The Kier molecular flexibility index (Phi) is 4.33. The van der Waals surface area contributed by atoms with Crippen molar-refractivity contribution in [3.8, 4) is 0 Å². The fourth-order valence-corrected chi connectivity index (χ4v) is 3.85. The molecule has 2 amide bonds. The molecule has 2 atom stereocenters. The zero-order valence-corrected chi connectivity index (χ0v) is 14.8. The van der Waals surface area contributed by atoms with Crippen LogP contribution in [-0.4, -0.2) is 11.8 Å². The Hall–Kier alpha value is -2.88. The highest BCUT2D eigenvalue weighted by molar-refractivity contribution is 5.99. The van der Waals surface area contributed by atoms with E-state index in [1.54, 1.807) is 12.2 Å². The van der Waals surface area contributed by atoms with Crippen molar-refractivity contribution in [2.45, 2.75) is 32.2 Å². The summed E-state index contributed by atoms with van der Waals surface area (Å²) in [6.45, 7) is 2.19. The average molecular weight is 346 g/mol. The van der Waals surface area contributed by atoms with Crippen molar-refractivity contribution in [3.05, 3.63) is 70.8 Å². The van der Waals surface area contributed by atoms with Gasteiger partial charge in [0.15, 0.2) is 0 Å². The van der Waals surface area contributed by atoms with Crippen LogP contribution in [0.2, 0.25) is 0 Å². The molecule has 0 saturated heterocycles.